The predicted octanol–water partition coefficient (Wildman–Crippen LogP) is 1.32. The van der Waals surface area contributed by atoms with Crippen molar-refractivity contribution in [1.29, 1.82) is 0 Å². The first-order valence-electron chi connectivity index (χ1n) is 6.47. The average molecular weight is 303 g/mol. The van der Waals surface area contributed by atoms with Gasteiger partial charge in [0.15, 0.2) is 10.6 Å². The fraction of sp³-hybridized carbons (Fsp3) is 0.308. The van der Waals surface area contributed by atoms with Crippen LogP contribution >= 0.6 is 12.2 Å². The van der Waals surface area contributed by atoms with Crippen LogP contribution in [0, 0.1) is 4.77 Å². The molecule has 7 nitrogen and oxygen atoms in total. The molecule has 0 spiro atoms. The number of piperidine rings is 1. The van der Waals surface area contributed by atoms with Crippen LogP contribution in [0.25, 0.3) is 11.4 Å². The van der Waals surface area contributed by atoms with E-state index in [1.54, 1.807) is 23.0 Å². The van der Waals surface area contributed by atoms with E-state index in [9.17, 15) is 9.59 Å². The summed E-state index contributed by atoms with van der Waals surface area (Å²) in [5.74, 6) is 0.109. The molecular formula is C13H13N5O2S. The third kappa shape index (κ3) is 2.27. The number of aromatic amines is 1. The molecule has 21 heavy (non-hydrogen) atoms. The average Bonchev–Trinajstić information content (AvgIpc) is 2.88. The Kier molecular flexibility index (Phi) is 3.38. The van der Waals surface area contributed by atoms with Crippen molar-refractivity contribution in [3.05, 3.63) is 29.3 Å². The minimum absolute atomic E-state index is 0.172. The highest BCUT2D eigenvalue weighted by Gasteiger charge is 2.34. The summed E-state index contributed by atoms with van der Waals surface area (Å²) in [4.78, 5) is 29.1. The van der Waals surface area contributed by atoms with E-state index in [-0.39, 0.29) is 11.8 Å². The van der Waals surface area contributed by atoms with Crippen molar-refractivity contribution in [3.8, 4) is 11.4 Å². The van der Waals surface area contributed by atoms with Gasteiger partial charge in [0, 0.05) is 31.4 Å². The first kappa shape index (κ1) is 13.6. The van der Waals surface area contributed by atoms with Crippen LogP contribution in [0.2, 0.25) is 0 Å². The lowest BCUT2D eigenvalue weighted by atomic mass is 10.0. The van der Waals surface area contributed by atoms with E-state index >= 15 is 0 Å². The molecule has 1 N–H and O–H groups in total. The van der Waals surface area contributed by atoms with Crippen molar-refractivity contribution >= 4 is 24.0 Å². The van der Waals surface area contributed by atoms with Gasteiger partial charge in [-0.25, -0.2) is 0 Å². The molecule has 0 saturated carbocycles. The maximum absolute atomic E-state index is 12.4. The third-order valence-electron chi connectivity index (χ3n) is 3.56. The number of amides is 2. The van der Waals surface area contributed by atoms with Gasteiger partial charge in [-0.2, -0.15) is 5.10 Å². The molecule has 3 heterocycles. The molecule has 3 rings (SSSR count). The summed E-state index contributed by atoms with van der Waals surface area (Å²) in [6.07, 6.45) is 4.05. The largest absolute Gasteiger partial charge is 0.287 e. The van der Waals surface area contributed by atoms with E-state index < -0.39 is 6.04 Å². The zero-order chi connectivity index (χ0) is 15.0. The Morgan fingerprint density at radius 3 is 2.95 bits per heavy atom. The number of nitrogens with one attached hydrogen (secondary N) is 1. The molecule has 1 fully saturated rings. The summed E-state index contributed by atoms with van der Waals surface area (Å²) in [5.41, 5.74) is 0.761. The van der Waals surface area contributed by atoms with E-state index in [0.29, 0.717) is 23.4 Å². The minimum Gasteiger partial charge on any atom is -0.287 e. The van der Waals surface area contributed by atoms with E-state index in [4.69, 9.17) is 12.2 Å². The van der Waals surface area contributed by atoms with E-state index in [2.05, 4.69) is 15.2 Å². The van der Waals surface area contributed by atoms with Crippen LogP contribution in [0.15, 0.2) is 24.5 Å². The Morgan fingerprint density at radius 1 is 1.43 bits per heavy atom. The fourth-order valence-corrected chi connectivity index (χ4v) is 2.69. The number of nitrogens with zero attached hydrogens (tertiary/aromatic N) is 4. The van der Waals surface area contributed by atoms with Gasteiger partial charge < -0.3 is 0 Å². The van der Waals surface area contributed by atoms with Crippen LogP contribution in [0.1, 0.15) is 18.9 Å². The lowest BCUT2D eigenvalue weighted by Crippen LogP contribution is -2.43. The second kappa shape index (κ2) is 5.21. The highest BCUT2D eigenvalue weighted by atomic mass is 32.1. The van der Waals surface area contributed by atoms with Crippen LogP contribution in [-0.2, 0) is 9.59 Å². The molecular weight excluding hydrogens is 290 g/mol. The van der Waals surface area contributed by atoms with Gasteiger partial charge >= 0.3 is 0 Å². The number of imide groups is 1. The number of likely N-dealkylation sites (tertiary alicyclic amines) is 1. The van der Waals surface area contributed by atoms with Crippen LogP contribution in [-0.4, -0.2) is 43.5 Å². The Bertz CT molecular complexity index is 751. The van der Waals surface area contributed by atoms with Crippen molar-refractivity contribution in [1.82, 2.24) is 24.6 Å². The van der Waals surface area contributed by atoms with Crippen LogP contribution in [0.5, 0.6) is 0 Å². The normalized spacial score (nSPS) is 19.1. The summed E-state index contributed by atoms with van der Waals surface area (Å²) < 4.78 is 2.02. The van der Waals surface area contributed by atoms with Gasteiger partial charge in [-0.3, -0.25) is 29.1 Å². The smallest absolute Gasteiger partial charge is 0.252 e. The monoisotopic (exact) mass is 303 g/mol. The molecule has 0 radical (unpaired) electrons. The van der Waals surface area contributed by atoms with Crippen molar-refractivity contribution in [2.75, 3.05) is 7.05 Å². The van der Waals surface area contributed by atoms with Gasteiger partial charge in [0.25, 0.3) is 5.91 Å². The molecule has 2 aromatic rings. The van der Waals surface area contributed by atoms with Gasteiger partial charge in [0.05, 0.1) is 0 Å². The number of pyridine rings is 1. The highest BCUT2D eigenvalue weighted by Crippen LogP contribution is 2.28. The Labute approximate surface area is 125 Å². The maximum Gasteiger partial charge on any atom is 0.252 e. The summed E-state index contributed by atoms with van der Waals surface area (Å²) in [7, 11) is 1.49. The number of aromatic nitrogens is 4. The van der Waals surface area contributed by atoms with Gasteiger partial charge in [-0.1, -0.05) is 0 Å². The van der Waals surface area contributed by atoms with Crippen LogP contribution in [0.4, 0.5) is 0 Å². The van der Waals surface area contributed by atoms with E-state index in [1.807, 2.05) is 6.07 Å². The summed E-state index contributed by atoms with van der Waals surface area (Å²) in [6, 6.07) is 3.11. The Balaban J connectivity index is 2.08. The first-order valence-corrected chi connectivity index (χ1v) is 6.88. The number of hydrogen-bond acceptors (Lipinski definition) is 5. The Hall–Kier alpha value is -2.35. The van der Waals surface area contributed by atoms with Crippen molar-refractivity contribution < 1.29 is 9.59 Å². The fourth-order valence-electron chi connectivity index (χ4n) is 2.43. The highest BCUT2D eigenvalue weighted by molar-refractivity contribution is 7.71. The number of carbonyl (C=O) groups is 2. The van der Waals surface area contributed by atoms with Gasteiger partial charge in [0.1, 0.15) is 6.04 Å². The second-order valence-electron chi connectivity index (χ2n) is 4.81. The van der Waals surface area contributed by atoms with Crippen molar-refractivity contribution in [3.63, 3.8) is 0 Å². The summed E-state index contributed by atoms with van der Waals surface area (Å²) in [5, 5.41) is 6.90. The number of likely N-dealkylation sites (N-methyl/N-ethyl adjacent to an activating group) is 1. The molecule has 1 aliphatic rings. The molecule has 0 aliphatic carbocycles. The Morgan fingerprint density at radius 2 is 2.24 bits per heavy atom. The SMILES string of the molecule is CN1C(=O)CCC(n2c(-c3cccnc3)n[nH]c2=S)C1=O. The number of hydrogen-bond donors (Lipinski definition) is 1. The number of rotatable bonds is 2. The predicted molar refractivity (Wildman–Crippen MR) is 76.7 cm³/mol. The summed E-state index contributed by atoms with van der Waals surface area (Å²) >= 11 is 5.24. The molecule has 0 bridgehead atoms. The van der Waals surface area contributed by atoms with E-state index in [0.717, 1.165) is 10.5 Å². The topological polar surface area (TPSA) is 83.9 Å². The molecule has 2 aromatic heterocycles. The zero-order valence-corrected chi connectivity index (χ0v) is 12.1. The first-order chi connectivity index (χ1) is 10.1. The van der Waals surface area contributed by atoms with Crippen molar-refractivity contribution in [2.24, 2.45) is 0 Å². The summed E-state index contributed by atoms with van der Waals surface area (Å²) in [6.45, 7) is 0. The zero-order valence-electron chi connectivity index (χ0n) is 11.3. The lowest BCUT2D eigenvalue weighted by Gasteiger charge is -2.28. The number of H-pyrrole nitrogens is 1. The lowest BCUT2D eigenvalue weighted by molar-refractivity contribution is -0.149. The number of carbonyl (C=O) groups excluding carboxylic acids is 2. The van der Waals surface area contributed by atoms with Gasteiger partial charge in [-0.05, 0) is 30.8 Å². The second-order valence-corrected chi connectivity index (χ2v) is 5.20. The van der Waals surface area contributed by atoms with E-state index in [1.165, 1.54) is 7.05 Å². The van der Waals surface area contributed by atoms with Crippen LogP contribution in [0.3, 0.4) is 0 Å². The third-order valence-corrected chi connectivity index (χ3v) is 3.85. The quantitative estimate of drug-likeness (QED) is 0.668. The molecule has 2 amide bonds. The molecule has 108 valence electrons. The van der Waals surface area contributed by atoms with Crippen LogP contribution < -0.4 is 0 Å². The molecule has 1 atom stereocenters. The molecule has 1 saturated heterocycles. The minimum atomic E-state index is -0.519. The van der Waals surface area contributed by atoms with Gasteiger partial charge in [0.2, 0.25) is 5.91 Å². The molecule has 1 unspecified atom stereocenters. The molecule has 0 aromatic carbocycles. The molecule has 1 aliphatic heterocycles. The standard InChI is InChI=1S/C13H13N5O2S/c1-17-10(19)5-4-9(12(17)20)18-11(15-16-13(18)21)8-3-2-6-14-7-8/h2-3,6-7,9H,4-5H2,1H3,(H,16,21). The maximum atomic E-state index is 12.4. The van der Waals surface area contributed by atoms with Gasteiger partial charge in [-0.15, -0.1) is 0 Å². The van der Waals surface area contributed by atoms with Crippen molar-refractivity contribution in [2.45, 2.75) is 18.9 Å². The molecule has 8 heteroatoms.